The number of aliphatic imine (C=N–C) groups is 1. The van der Waals surface area contributed by atoms with Gasteiger partial charge in [0.15, 0.2) is 5.96 Å². The van der Waals surface area contributed by atoms with Crippen LogP contribution in [0.5, 0.6) is 0 Å². The molecule has 1 unspecified atom stereocenters. The quantitative estimate of drug-likeness (QED) is 0.219. The molecule has 3 rings (SSSR count). The van der Waals surface area contributed by atoms with Crippen molar-refractivity contribution in [2.75, 3.05) is 25.5 Å². The van der Waals surface area contributed by atoms with Crippen molar-refractivity contribution in [3.05, 3.63) is 48.3 Å². The summed E-state index contributed by atoms with van der Waals surface area (Å²) in [6, 6.07) is 9.72. The van der Waals surface area contributed by atoms with Crippen molar-refractivity contribution in [3.63, 3.8) is 0 Å². The Morgan fingerprint density at radius 1 is 1.34 bits per heavy atom. The highest BCUT2D eigenvalue weighted by Gasteiger charge is 2.23. The molecule has 0 spiro atoms. The largest absolute Gasteiger partial charge is 0.368 e. The van der Waals surface area contributed by atoms with E-state index in [-0.39, 0.29) is 36.0 Å². The van der Waals surface area contributed by atoms with E-state index in [9.17, 15) is 4.79 Å². The molecule has 1 aliphatic heterocycles. The molecular formula is C20H29IN6O2. The third kappa shape index (κ3) is 7.65. The van der Waals surface area contributed by atoms with Crippen LogP contribution < -0.4 is 16.0 Å². The topological polar surface area (TPSA) is 92.6 Å². The first-order chi connectivity index (χ1) is 13.7. The van der Waals surface area contributed by atoms with E-state index < -0.39 is 0 Å². The molecule has 1 saturated heterocycles. The van der Waals surface area contributed by atoms with Crippen molar-refractivity contribution in [3.8, 4) is 0 Å². The molecule has 1 amide bonds. The van der Waals surface area contributed by atoms with Gasteiger partial charge in [0, 0.05) is 51.4 Å². The Kier molecular flexibility index (Phi) is 9.92. The van der Waals surface area contributed by atoms with E-state index in [1.165, 1.54) is 0 Å². The molecule has 0 saturated carbocycles. The molecule has 8 nitrogen and oxygen atoms in total. The summed E-state index contributed by atoms with van der Waals surface area (Å²) in [6.45, 7) is 2.94. The van der Waals surface area contributed by atoms with Crippen molar-refractivity contribution in [2.24, 2.45) is 4.99 Å². The van der Waals surface area contributed by atoms with Crippen LogP contribution >= 0.6 is 24.0 Å². The minimum atomic E-state index is -0.327. The number of anilines is 1. The molecule has 0 radical (unpaired) electrons. The van der Waals surface area contributed by atoms with Gasteiger partial charge in [-0.3, -0.25) is 14.5 Å². The van der Waals surface area contributed by atoms with Gasteiger partial charge >= 0.3 is 0 Å². The number of aryl methyl sites for hydroxylation is 1. The molecule has 1 atom stereocenters. The van der Waals surface area contributed by atoms with Gasteiger partial charge in [-0.05, 0) is 43.0 Å². The van der Waals surface area contributed by atoms with E-state index in [0.717, 1.165) is 49.6 Å². The number of amides is 1. The Morgan fingerprint density at radius 2 is 2.24 bits per heavy atom. The van der Waals surface area contributed by atoms with Gasteiger partial charge in [-0.15, -0.1) is 24.0 Å². The fourth-order valence-corrected chi connectivity index (χ4v) is 3.05. The summed E-state index contributed by atoms with van der Waals surface area (Å²) in [4.78, 5) is 16.4. The number of hydrogen-bond donors (Lipinski definition) is 3. The smallest absolute Gasteiger partial charge is 0.253 e. The first-order valence-corrected chi connectivity index (χ1v) is 9.68. The second kappa shape index (κ2) is 12.4. The monoisotopic (exact) mass is 512 g/mol. The van der Waals surface area contributed by atoms with E-state index in [1.807, 2.05) is 41.2 Å². The fourth-order valence-electron chi connectivity index (χ4n) is 3.05. The van der Waals surface area contributed by atoms with Gasteiger partial charge in [0.25, 0.3) is 5.91 Å². The van der Waals surface area contributed by atoms with Crippen molar-refractivity contribution in [2.45, 2.75) is 38.5 Å². The zero-order chi connectivity index (χ0) is 19.6. The van der Waals surface area contributed by atoms with Crippen LogP contribution in [0.3, 0.4) is 0 Å². The van der Waals surface area contributed by atoms with Crippen molar-refractivity contribution < 1.29 is 9.53 Å². The lowest BCUT2D eigenvalue weighted by atomic mass is 10.2. The molecular weight excluding hydrogens is 483 g/mol. The lowest BCUT2D eigenvalue weighted by Gasteiger charge is -2.14. The molecule has 3 N–H and O–H groups in total. The Balaban J connectivity index is 0.00000300. The second-order valence-electron chi connectivity index (χ2n) is 6.67. The van der Waals surface area contributed by atoms with Gasteiger partial charge < -0.3 is 20.7 Å². The number of carbonyl (C=O) groups is 1. The normalized spacial score (nSPS) is 16.2. The van der Waals surface area contributed by atoms with Gasteiger partial charge in [-0.1, -0.05) is 12.1 Å². The number of halogens is 1. The third-order valence-electron chi connectivity index (χ3n) is 4.52. The molecule has 1 aromatic carbocycles. The van der Waals surface area contributed by atoms with Crippen LogP contribution in [0.25, 0.3) is 0 Å². The summed E-state index contributed by atoms with van der Waals surface area (Å²) < 4.78 is 7.34. The standard InChI is InChI=1S/C20H28N6O2.HI/c1-21-20(22-9-4-11-26-12-5-10-24-26)23-15-16-6-2-7-17(14-16)25-19(27)18-8-3-13-28-18;/h2,5-7,10,12,14,18H,3-4,8-9,11,13,15H2,1H3,(H,25,27)(H2,21,22,23);1H. The van der Waals surface area contributed by atoms with Crippen molar-refractivity contribution in [1.82, 2.24) is 20.4 Å². The minimum Gasteiger partial charge on any atom is -0.368 e. The molecule has 2 aromatic rings. The Bertz CT molecular complexity index is 775. The Hall–Kier alpha value is -2.14. The molecule has 9 heteroatoms. The van der Waals surface area contributed by atoms with Crippen LogP contribution in [-0.4, -0.2) is 48.0 Å². The average Bonchev–Trinajstić information content (AvgIpc) is 3.42. The van der Waals surface area contributed by atoms with Crippen molar-refractivity contribution in [1.29, 1.82) is 0 Å². The number of guanidine groups is 1. The summed E-state index contributed by atoms with van der Waals surface area (Å²) in [5.74, 6) is 0.673. The molecule has 1 aliphatic rings. The predicted molar refractivity (Wildman–Crippen MR) is 125 cm³/mol. The van der Waals surface area contributed by atoms with Gasteiger partial charge in [0.2, 0.25) is 0 Å². The van der Waals surface area contributed by atoms with Crippen LogP contribution in [-0.2, 0) is 22.6 Å². The highest BCUT2D eigenvalue weighted by molar-refractivity contribution is 14.0. The number of nitrogens with one attached hydrogen (secondary N) is 3. The van der Waals surface area contributed by atoms with Crippen LogP contribution in [0.15, 0.2) is 47.7 Å². The van der Waals surface area contributed by atoms with Gasteiger partial charge in [0.1, 0.15) is 6.10 Å². The zero-order valence-electron chi connectivity index (χ0n) is 16.6. The van der Waals surface area contributed by atoms with Gasteiger partial charge in [-0.2, -0.15) is 5.10 Å². The molecule has 0 bridgehead atoms. The van der Waals surface area contributed by atoms with E-state index in [2.05, 4.69) is 26.0 Å². The average molecular weight is 512 g/mol. The summed E-state index contributed by atoms with van der Waals surface area (Å²) in [7, 11) is 1.75. The van der Waals surface area contributed by atoms with E-state index in [0.29, 0.717) is 13.2 Å². The number of aromatic nitrogens is 2. The highest BCUT2D eigenvalue weighted by atomic mass is 127. The summed E-state index contributed by atoms with van der Waals surface area (Å²) in [6.07, 6.45) is 6.09. The summed E-state index contributed by atoms with van der Waals surface area (Å²) in [5.41, 5.74) is 1.84. The van der Waals surface area contributed by atoms with Crippen LogP contribution in [0.4, 0.5) is 5.69 Å². The predicted octanol–water partition coefficient (Wildman–Crippen LogP) is 2.37. The Morgan fingerprint density at radius 3 is 2.97 bits per heavy atom. The first-order valence-electron chi connectivity index (χ1n) is 9.68. The third-order valence-corrected chi connectivity index (χ3v) is 4.52. The van der Waals surface area contributed by atoms with E-state index >= 15 is 0 Å². The SMILES string of the molecule is CN=C(NCCCn1cccn1)NCc1cccc(NC(=O)C2CCCO2)c1.I. The molecule has 158 valence electrons. The number of benzene rings is 1. The second-order valence-corrected chi connectivity index (χ2v) is 6.67. The molecule has 29 heavy (non-hydrogen) atoms. The number of rotatable bonds is 8. The van der Waals surface area contributed by atoms with Gasteiger partial charge in [-0.25, -0.2) is 0 Å². The number of hydrogen-bond acceptors (Lipinski definition) is 4. The van der Waals surface area contributed by atoms with E-state index in [4.69, 9.17) is 4.74 Å². The maximum Gasteiger partial charge on any atom is 0.253 e. The van der Waals surface area contributed by atoms with Crippen LogP contribution in [0.1, 0.15) is 24.8 Å². The van der Waals surface area contributed by atoms with Crippen molar-refractivity contribution >= 4 is 41.5 Å². The molecule has 1 fully saturated rings. The molecule has 0 aliphatic carbocycles. The maximum absolute atomic E-state index is 12.2. The summed E-state index contributed by atoms with van der Waals surface area (Å²) in [5, 5.41) is 13.7. The molecule has 1 aromatic heterocycles. The maximum atomic E-state index is 12.2. The highest BCUT2D eigenvalue weighted by Crippen LogP contribution is 2.16. The van der Waals surface area contributed by atoms with E-state index in [1.54, 1.807) is 13.2 Å². The number of ether oxygens (including phenoxy) is 1. The first kappa shape index (κ1) is 23.1. The zero-order valence-corrected chi connectivity index (χ0v) is 19.0. The minimum absolute atomic E-state index is 0. The number of carbonyl (C=O) groups excluding carboxylic acids is 1. The fraction of sp³-hybridized carbons (Fsp3) is 0.450. The molecule has 2 heterocycles. The van der Waals surface area contributed by atoms with Gasteiger partial charge in [0.05, 0.1) is 0 Å². The Labute approximate surface area is 188 Å². The van der Waals surface area contributed by atoms with Crippen LogP contribution in [0.2, 0.25) is 0 Å². The lowest BCUT2D eigenvalue weighted by Crippen LogP contribution is -2.37. The summed E-state index contributed by atoms with van der Waals surface area (Å²) >= 11 is 0. The lowest BCUT2D eigenvalue weighted by molar-refractivity contribution is -0.124. The van der Waals surface area contributed by atoms with Crippen LogP contribution in [0, 0.1) is 0 Å². The number of nitrogens with zero attached hydrogens (tertiary/aromatic N) is 3.